The molecule has 6 aromatic carbocycles. The number of rotatable bonds is 6. The topological polar surface area (TPSA) is 51.6 Å². The van der Waals surface area contributed by atoms with Gasteiger partial charge in [-0.15, -0.1) is 0 Å². The summed E-state index contributed by atoms with van der Waals surface area (Å²) in [5.74, 6) is 1.94. The van der Waals surface area contributed by atoms with Gasteiger partial charge in [-0.2, -0.15) is 0 Å². The van der Waals surface area contributed by atoms with Gasteiger partial charge in [-0.05, 0) is 45.5 Å². The smallest absolute Gasteiger partial charge is 0.164 e. The Hall–Kier alpha value is -6.26. The molecular formula is C42H28N4. The number of pyridine rings is 1. The quantitative estimate of drug-likeness (QED) is 0.194. The number of nitrogens with zero attached hydrogens (tertiary/aromatic N) is 4. The summed E-state index contributed by atoms with van der Waals surface area (Å²) in [4.78, 5) is 19.3. The molecule has 0 aliphatic rings. The molecule has 0 radical (unpaired) electrons. The predicted molar refractivity (Wildman–Crippen MR) is 188 cm³/mol. The Bertz CT molecular complexity index is 2260. The third-order valence-corrected chi connectivity index (χ3v) is 8.24. The molecule has 0 amide bonds. The van der Waals surface area contributed by atoms with E-state index in [2.05, 4.69) is 126 Å². The van der Waals surface area contributed by atoms with Crippen molar-refractivity contribution in [3.8, 4) is 67.5 Å². The molecule has 0 atom stereocenters. The second kappa shape index (κ2) is 12.0. The van der Waals surface area contributed by atoms with Crippen molar-refractivity contribution in [2.45, 2.75) is 0 Å². The van der Waals surface area contributed by atoms with Gasteiger partial charge in [-0.1, -0.05) is 152 Å². The zero-order valence-electron chi connectivity index (χ0n) is 25.0. The van der Waals surface area contributed by atoms with Crippen molar-refractivity contribution in [2.75, 3.05) is 0 Å². The maximum Gasteiger partial charge on any atom is 0.164 e. The van der Waals surface area contributed by atoms with Crippen molar-refractivity contribution in [3.05, 3.63) is 170 Å². The van der Waals surface area contributed by atoms with Crippen LogP contribution in [0.5, 0.6) is 0 Å². The van der Waals surface area contributed by atoms with Gasteiger partial charge in [0.1, 0.15) is 0 Å². The fourth-order valence-corrected chi connectivity index (χ4v) is 5.79. The predicted octanol–water partition coefficient (Wildman–Crippen LogP) is 10.4. The minimum absolute atomic E-state index is 0.641. The van der Waals surface area contributed by atoms with Crippen LogP contribution in [0.4, 0.5) is 0 Å². The standard InChI is InChI=1S/C42H28N4/c1-3-9-29(10-4-1)30-17-23-35(24-18-30)41-44-40(34-11-5-2-6-12-34)45-42(46-41)36-25-19-32(20-26-36)31-15-21-33(22-16-31)37-27-28-43-39-14-8-7-13-38(37)39/h1-28H. The molecule has 216 valence electrons. The maximum atomic E-state index is 4.95. The fourth-order valence-electron chi connectivity index (χ4n) is 5.79. The number of hydrogen-bond donors (Lipinski definition) is 0. The highest BCUT2D eigenvalue weighted by Crippen LogP contribution is 2.31. The summed E-state index contributed by atoms with van der Waals surface area (Å²) in [7, 11) is 0. The number of para-hydroxylation sites is 1. The normalized spacial score (nSPS) is 11.0. The van der Waals surface area contributed by atoms with Crippen molar-refractivity contribution in [1.29, 1.82) is 0 Å². The molecular weight excluding hydrogens is 560 g/mol. The van der Waals surface area contributed by atoms with Crippen LogP contribution >= 0.6 is 0 Å². The molecule has 4 nitrogen and oxygen atoms in total. The molecule has 0 spiro atoms. The summed E-state index contributed by atoms with van der Waals surface area (Å²) < 4.78 is 0. The summed E-state index contributed by atoms with van der Waals surface area (Å²) in [6.07, 6.45) is 1.87. The lowest BCUT2D eigenvalue weighted by atomic mass is 9.97. The van der Waals surface area contributed by atoms with Crippen molar-refractivity contribution in [3.63, 3.8) is 0 Å². The Morgan fingerprint density at radius 2 is 0.652 bits per heavy atom. The first-order valence-corrected chi connectivity index (χ1v) is 15.3. The van der Waals surface area contributed by atoms with Crippen LogP contribution in [0.3, 0.4) is 0 Å². The van der Waals surface area contributed by atoms with E-state index in [0.717, 1.165) is 44.3 Å². The third kappa shape index (κ3) is 5.44. The van der Waals surface area contributed by atoms with E-state index in [9.17, 15) is 0 Å². The van der Waals surface area contributed by atoms with Crippen LogP contribution in [-0.2, 0) is 0 Å². The van der Waals surface area contributed by atoms with Crippen molar-refractivity contribution in [2.24, 2.45) is 0 Å². The Labute approximate surface area is 267 Å². The molecule has 46 heavy (non-hydrogen) atoms. The number of fused-ring (bicyclic) bond motifs is 1. The molecule has 8 aromatic rings. The van der Waals surface area contributed by atoms with E-state index < -0.39 is 0 Å². The van der Waals surface area contributed by atoms with E-state index in [0.29, 0.717) is 17.5 Å². The Morgan fingerprint density at radius 3 is 1.17 bits per heavy atom. The zero-order valence-corrected chi connectivity index (χ0v) is 25.0. The molecule has 0 unspecified atom stereocenters. The summed E-state index contributed by atoms with van der Waals surface area (Å²) in [5.41, 5.74) is 10.8. The number of aromatic nitrogens is 4. The summed E-state index contributed by atoms with van der Waals surface area (Å²) >= 11 is 0. The average Bonchev–Trinajstić information content (AvgIpc) is 3.15. The highest BCUT2D eigenvalue weighted by atomic mass is 15.0. The molecule has 0 fully saturated rings. The second-order valence-corrected chi connectivity index (χ2v) is 11.1. The largest absolute Gasteiger partial charge is 0.256 e. The van der Waals surface area contributed by atoms with Gasteiger partial charge in [0.2, 0.25) is 0 Å². The molecule has 0 aliphatic heterocycles. The Balaban J connectivity index is 1.12. The first-order valence-electron chi connectivity index (χ1n) is 15.3. The molecule has 0 N–H and O–H groups in total. The van der Waals surface area contributed by atoms with Gasteiger partial charge in [0.25, 0.3) is 0 Å². The maximum absolute atomic E-state index is 4.95. The van der Waals surface area contributed by atoms with Crippen LogP contribution in [0.2, 0.25) is 0 Å². The molecule has 2 aromatic heterocycles. The first-order chi connectivity index (χ1) is 22.8. The van der Waals surface area contributed by atoms with Gasteiger partial charge in [-0.25, -0.2) is 15.0 Å². The van der Waals surface area contributed by atoms with Crippen LogP contribution in [0.1, 0.15) is 0 Å². The van der Waals surface area contributed by atoms with E-state index >= 15 is 0 Å². The number of hydrogen-bond acceptors (Lipinski definition) is 4. The third-order valence-electron chi connectivity index (χ3n) is 8.24. The van der Waals surface area contributed by atoms with Gasteiger partial charge < -0.3 is 0 Å². The lowest BCUT2D eigenvalue weighted by molar-refractivity contribution is 1.07. The molecule has 4 heteroatoms. The summed E-state index contributed by atoms with van der Waals surface area (Å²) in [6, 6.07) is 56.3. The summed E-state index contributed by atoms with van der Waals surface area (Å²) in [5, 5.41) is 1.15. The first kappa shape index (κ1) is 27.3. The van der Waals surface area contributed by atoms with Crippen molar-refractivity contribution >= 4 is 10.9 Å². The van der Waals surface area contributed by atoms with Crippen molar-refractivity contribution < 1.29 is 0 Å². The van der Waals surface area contributed by atoms with E-state index in [1.165, 1.54) is 16.7 Å². The molecule has 8 rings (SSSR count). The minimum atomic E-state index is 0.641. The highest BCUT2D eigenvalue weighted by Gasteiger charge is 2.13. The second-order valence-electron chi connectivity index (χ2n) is 11.1. The van der Waals surface area contributed by atoms with Crippen molar-refractivity contribution in [1.82, 2.24) is 19.9 Å². The summed E-state index contributed by atoms with van der Waals surface area (Å²) in [6.45, 7) is 0. The lowest BCUT2D eigenvalue weighted by Crippen LogP contribution is -2.00. The van der Waals surface area contributed by atoms with Crippen LogP contribution in [0.25, 0.3) is 78.4 Å². The highest BCUT2D eigenvalue weighted by molar-refractivity contribution is 5.94. The van der Waals surface area contributed by atoms with E-state index in [1.54, 1.807) is 0 Å². The van der Waals surface area contributed by atoms with Gasteiger partial charge in [0.05, 0.1) is 5.52 Å². The molecule has 0 aliphatic carbocycles. The van der Waals surface area contributed by atoms with E-state index in [-0.39, 0.29) is 0 Å². The van der Waals surface area contributed by atoms with Crippen LogP contribution in [0, 0.1) is 0 Å². The average molecular weight is 589 g/mol. The SMILES string of the molecule is c1ccc(-c2ccc(-c3nc(-c4ccccc4)nc(-c4ccc(-c5ccc(-c6ccnc7ccccc67)cc5)cc4)n3)cc2)cc1. The van der Waals surface area contributed by atoms with Gasteiger partial charge >= 0.3 is 0 Å². The van der Waals surface area contributed by atoms with Gasteiger partial charge in [-0.3, -0.25) is 4.98 Å². The zero-order chi connectivity index (χ0) is 30.7. The van der Waals surface area contributed by atoms with Crippen LogP contribution in [-0.4, -0.2) is 19.9 Å². The molecule has 0 bridgehead atoms. The molecule has 0 saturated carbocycles. The number of benzene rings is 6. The van der Waals surface area contributed by atoms with Gasteiger partial charge in [0, 0.05) is 28.3 Å². The van der Waals surface area contributed by atoms with Crippen LogP contribution < -0.4 is 0 Å². The Kier molecular flexibility index (Phi) is 7.14. The van der Waals surface area contributed by atoms with Gasteiger partial charge in [0.15, 0.2) is 17.5 Å². The van der Waals surface area contributed by atoms with Crippen LogP contribution in [0.15, 0.2) is 170 Å². The Morgan fingerprint density at radius 1 is 0.283 bits per heavy atom. The fraction of sp³-hybridized carbons (Fsp3) is 0. The monoisotopic (exact) mass is 588 g/mol. The van der Waals surface area contributed by atoms with E-state index in [4.69, 9.17) is 15.0 Å². The molecule has 2 heterocycles. The lowest BCUT2D eigenvalue weighted by Gasteiger charge is -2.10. The van der Waals surface area contributed by atoms with E-state index in [1.807, 2.05) is 48.7 Å². The minimum Gasteiger partial charge on any atom is -0.256 e. The molecule has 0 saturated heterocycles.